The van der Waals surface area contributed by atoms with E-state index in [0.29, 0.717) is 13.0 Å². The maximum Gasteiger partial charge on any atom is 0.222 e. The summed E-state index contributed by atoms with van der Waals surface area (Å²) in [6, 6.07) is 1.84. The van der Waals surface area contributed by atoms with E-state index in [1.165, 1.54) is 0 Å². The molecule has 0 radical (unpaired) electrons. The van der Waals surface area contributed by atoms with Gasteiger partial charge in [0.1, 0.15) is 11.5 Å². The smallest absolute Gasteiger partial charge is 0.222 e. The minimum atomic E-state index is 0.115. The van der Waals surface area contributed by atoms with Crippen molar-refractivity contribution in [1.82, 2.24) is 20.3 Å². The Labute approximate surface area is 111 Å². The highest BCUT2D eigenvalue weighted by atomic mass is 16.5. The minimum Gasteiger partial charge on any atom is -0.361 e. The predicted molar refractivity (Wildman–Crippen MR) is 69.2 cm³/mol. The normalized spacial score (nSPS) is 10.6. The molecule has 2 heterocycles. The van der Waals surface area contributed by atoms with Crippen LogP contribution in [0.25, 0.3) is 0 Å². The van der Waals surface area contributed by atoms with Gasteiger partial charge >= 0.3 is 0 Å². The first-order chi connectivity index (χ1) is 9.15. The third-order valence-electron chi connectivity index (χ3n) is 2.91. The lowest BCUT2D eigenvalue weighted by Gasteiger charge is -2.15. The third kappa shape index (κ3) is 3.94. The second-order valence-corrected chi connectivity index (χ2v) is 4.64. The lowest BCUT2D eigenvalue weighted by molar-refractivity contribution is -0.130. The Kier molecular flexibility index (Phi) is 4.33. The zero-order chi connectivity index (χ0) is 13.7. The van der Waals surface area contributed by atoms with E-state index in [1.807, 2.05) is 19.2 Å². The van der Waals surface area contributed by atoms with Crippen molar-refractivity contribution in [2.45, 2.75) is 32.7 Å². The molecular formula is C13H18N4O2. The van der Waals surface area contributed by atoms with Crippen molar-refractivity contribution in [3.63, 3.8) is 0 Å². The van der Waals surface area contributed by atoms with Gasteiger partial charge in [-0.15, -0.1) is 0 Å². The first-order valence-corrected chi connectivity index (χ1v) is 6.29. The molecule has 0 atom stereocenters. The molecule has 0 unspecified atom stereocenters. The fraction of sp³-hybridized carbons (Fsp3) is 0.462. The Morgan fingerprint density at radius 2 is 2.37 bits per heavy atom. The highest BCUT2D eigenvalue weighted by Crippen LogP contribution is 2.08. The molecule has 0 fully saturated rings. The number of H-pyrrole nitrogens is 1. The summed E-state index contributed by atoms with van der Waals surface area (Å²) < 4.78 is 4.98. The molecule has 1 N–H and O–H groups in total. The van der Waals surface area contributed by atoms with Crippen LogP contribution in [0.5, 0.6) is 0 Å². The fourth-order valence-electron chi connectivity index (χ4n) is 1.87. The number of aryl methyl sites for hydroxylation is 2. The molecule has 6 nitrogen and oxygen atoms in total. The number of carbonyl (C=O) groups is 1. The van der Waals surface area contributed by atoms with Crippen LogP contribution in [0, 0.1) is 6.92 Å². The largest absolute Gasteiger partial charge is 0.361 e. The van der Waals surface area contributed by atoms with Gasteiger partial charge in [-0.05, 0) is 25.3 Å². The molecule has 2 aromatic rings. The van der Waals surface area contributed by atoms with Gasteiger partial charge in [0, 0.05) is 25.7 Å². The number of hydrogen-bond acceptors (Lipinski definition) is 4. The average molecular weight is 262 g/mol. The summed E-state index contributed by atoms with van der Waals surface area (Å²) >= 11 is 0. The van der Waals surface area contributed by atoms with Gasteiger partial charge in [-0.1, -0.05) is 5.16 Å². The van der Waals surface area contributed by atoms with Gasteiger partial charge in [0.25, 0.3) is 0 Å². The number of aromatic nitrogens is 3. The monoisotopic (exact) mass is 262 g/mol. The van der Waals surface area contributed by atoms with Crippen molar-refractivity contribution in [1.29, 1.82) is 0 Å². The Morgan fingerprint density at radius 1 is 1.53 bits per heavy atom. The summed E-state index contributed by atoms with van der Waals surface area (Å²) in [5.74, 6) is 0.875. The summed E-state index contributed by atoms with van der Waals surface area (Å²) in [7, 11) is 1.78. The maximum absolute atomic E-state index is 11.9. The Bertz CT molecular complexity index is 518. The third-order valence-corrected chi connectivity index (χ3v) is 2.91. The summed E-state index contributed by atoms with van der Waals surface area (Å²) in [6.07, 6.45) is 5.84. The quantitative estimate of drug-likeness (QED) is 0.859. The molecule has 2 rings (SSSR count). The van der Waals surface area contributed by atoms with Crippen LogP contribution in [0.1, 0.15) is 29.9 Å². The second kappa shape index (κ2) is 6.17. The Balaban J connectivity index is 1.73. The van der Waals surface area contributed by atoms with E-state index in [0.717, 1.165) is 29.9 Å². The number of nitrogens with one attached hydrogen (secondary N) is 1. The van der Waals surface area contributed by atoms with Crippen molar-refractivity contribution in [3.8, 4) is 0 Å². The number of amides is 1. The van der Waals surface area contributed by atoms with Crippen molar-refractivity contribution in [3.05, 3.63) is 35.5 Å². The summed E-state index contributed by atoms with van der Waals surface area (Å²) in [5, 5.41) is 10.5. The maximum atomic E-state index is 11.9. The Morgan fingerprint density at radius 3 is 3.00 bits per heavy atom. The topological polar surface area (TPSA) is 75.0 Å². The molecule has 1 amide bonds. The van der Waals surface area contributed by atoms with Crippen molar-refractivity contribution >= 4 is 5.91 Å². The van der Waals surface area contributed by atoms with E-state index in [4.69, 9.17) is 4.52 Å². The molecule has 0 aromatic carbocycles. The molecule has 2 aromatic heterocycles. The summed E-state index contributed by atoms with van der Waals surface area (Å²) in [5.41, 5.74) is 1.91. The van der Waals surface area contributed by atoms with Crippen molar-refractivity contribution in [2.75, 3.05) is 7.05 Å². The van der Waals surface area contributed by atoms with E-state index in [2.05, 4.69) is 15.4 Å². The van der Waals surface area contributed by atoms with Gasteiger partial charge in [-0.3, -0.25) is 9.89 Å². The zero-order valence-corrected chi connectivity index (χ0v) is 11.2. The van der Waals surface area contributed by atoms with Gasteiger partial charge in [0.05, 0.1) is 12.7 Å². The predicted octanol–water partition coefficient (Wildman–Crippen LogP) is 1.69. The van der Waals surface area contributed by atoms with Crippen LogP contribution in [-0.2, 0) is 17.8 Å². The highest BCUT2D eigenvalue weighted by molar-refractivity contribution is 5.75. The average Bonchev–Trinajstić information content (AvgIpc) is 3.01. The SMILES string of the molecule is Cc1cc(CN(C)C(=O)CCCc2cn[nH]c2)no1. The van der Waals surface area contributed by atoms with Crippen LogP contribution in [-0.4, -0.2) is 33.2 Å². The molecule has 0 aliphatic carbocycles. The van der Waals surface area contributed by atoms with Gasteiger partial charge < -0.3 is 9.42 Å². The number of rotatable bonds is 6. The fourth-order valence-corrected chi connectivity index (χ4v) is 1.87. The molecule has 102 valence electrons. The molecule has 0 aliphatic rings. The molecule has 0 bridgehead atoms. The van der Waals surface area contributed by atoms with Crippen molar-refractivity contribution in [2.24, 2.45) is 0 Å². The Hall–Kier alpha value is -2.11. The van der Waals surface area contributed by atoms with E-state index < -0.39 is 0 Å². The van der Waals surface area contributed by atoms with Gasteiger partial charge in [-0.25, -0.2) is 0 Å². The van der Waals surface area contributed by atoms with Crippen LogP contribution in [0.15, 0.2) is 23.0 Å². The number of hydrogen-bond donors (Lipinski definition) is 1. The number of aromatic amines is 1. The van der Waals surface area contributed by atoms with Crippen LogP contribution in [0.3, 0.4) is 0 Å². The lowest BCUT2D eigenvalue weighted by Crippen LogP contribution is -2.26. The van der Waals surface area contributed by atoms with E-state index in [9.17, 15) is 4.79 Å². The molecule has 0 saturated heterocycles. The van der Waals surface area contributed by atoms with Gasteiger partial charge in [0.15, 0.2) is 0 Å². The van der Waals surface area contributed by atoms with Crippen LogP contribution in [0.2, 0.25) is 0 Å². The molecular weight excluding hydrogens is 244 g/mol. The molecule has 0 saturated carbocycles. The number of carbonyl (C=O) groups excluding carboxylic acids is 1. The number of nitrogens with zero attached hydrogens (tertiary/aromatic N) is 3. The van der Waals surface area contributed by atoms with E-state index >= 15 is 0 Å². The standard InChI is InChI=1S/C13H18N4O2/c1-10-6-12(16-19-10)9-17(2)13(18)5-3-4-11-7-14-15-8-11/h6-8H,3-5,9H2,1-2H3,(H,14,15). The molecule has 0 aliphatic heterocycles. The van der Waals surface area contributed by atoms with E-state index in [-0.39, 0.29) is 5.91 Å². The summed E-state index contributed by atoms with van der Waals surface area (Å²) in [6.45, 7) is 2.32. The van der Waals surface area contributed by atoms with Crippen LogP contribution < -0.4 is 0 Å². The van der Waals surface area contributed by atoms with Crippen LogP contribution in [0.4, 0.5) is 0 Å². The zero-order valence-electron chi connectivity index (χ0n) is 11.2. The van der Waals surface area contributed by atoms with Crippen molar-refractivity contribution < 1.29 is 9.32 Å². The van der Waals surface area contributed by atoms with Gasteiger partial charge in [0.2, 0.25) is 5.91 Å². The first-order valence-electron chi connectivity index (χ1n) is 6.29. The van der Waals surface area contributed by atoms with E-state index in [1.54, 1.807) is 18.1 Å². The molecule has 19 heavy (non-hydrogen) atoms. The highest BCUT2D eigenvalue weighted by Gasteiger charge is 2.11. The second-order valence-electron chi connectivity index (χ2n) is 4.64. The molecule has 6 heteroatoms. The molecule has 0 spiro atoms. The minimum absolute atomic E-state index is 0.115. The lowest BCUT2D eigenvalue weighted by atomic mass is 10.1. The summed E-state index contributed by atoms with van der Waals surface area (Å²) in [4.78, 5) is 13.6. The van der Waals surface area contributed by atoms with Gasteiger partial charge in [-0.2, -0.15) is 5.10 Å². The first kappa shape index (κ1) is 13.3. The van der Waals surface area contributed by atoms with Crippen LogP contribution >= 0.6 is 0 Å².